The first-order chi connectivity index (χ1) is 9.73. The van der Waals surface area contributed by atoms with Crippen LogP contribution in [0.4, 0.5) is 4.79 Å². The fraction of sp³-hybridized carbons (Fsp3) is 0.643. The number of thiazole rings is 1. The molecule has 118 valence electrons. The number of amides is 2. The van der Waals surface area contributed by atoms with E-state index in [1.54, 1.807) is 20.8 Å². The van der Waals surface area contributed by atoms with Gasteiger partial charge in [0.15, 0.2) is 0 Å². The number of nitrogens with zero attached hydrogens (tertiary/aromatic N) is 1. The van der Waals surface area contributed by atoms with Gasteiger partial charge in [-0.1, -0.05) is 6.92 Å². The minimum Gasteiger partial charge on any atom is -0.444 e. The van der Waals surface area contributed by atoms with Gasteiger partial charge < -0.3 is 15.4 Å². The molecule has 1 heterocycles. The van der Waals surface area contributed by atoms with Crippen molar-refractivity contribution in [2.45, 2.75) is 46.6 Å². The van der Waals surface area contributed by atoms with Crippen LogP contribution in [0, 0.1) is 6.92 Å². The largest absolute Gasteiger partial charge is 0.444 e. The molecule has 0 bridgehead atoms. The number of nitrogens with one attached hydrogen (secondary N) is 2. The summed E-state index contributed by atoms with van der Waals surface area (Å²) in [5.41, 5.74) is 0.221. The second-order valence-electron chi connectivity index (χ2n) is 5.56. The van der Waals surface area contributed by atoms with E-state index in [0.29, 0.717) is 18.0 Å². The molecule has 1 aromatic rings. The van der Waals surface area contributed by atoms with Gasteiger partial charge in [-0.2, -0.15) is 0 Å². The van der Waals surface area contributed by atoms with Gasteiger partial charge in [0.1, 0.15) is 10.5 Å². The Labute approximate surface area is 129 Å². The van der Waals surface area contributed by atoms with Crippen LogP contribution in [0.15, 0.2) is 0 Å². The molecule has 0 aliphatic rings. The normalized spacial score (nSPS) is 11.1. The van der Waals surface area contributed by atoms with Crippen molar-refractivity contribution in [2.75, 3.05) is 13.1 Å². The van der Waals surface area contributed by atoms with Gasteiger partial charge in [-0.05, 0) is 34.1 Å². The Morgan fingerprint density at radius 2 is 1.86 bits per heavy atom. The molecule has 21 heavy (non-hydrogen) atoms. The zero-order valence-corrected chi connectivity index (χ0v) is 14.0. The number of aryl methyl sites for hydroxylation is 2. The lowest BCUT2D eigenvalue weighted by Crippen LogP contribution is -2.37. The number of hydrogen-bond donors (Lipinski definition) is 2. The Morgan fingerprint density at radius 1 is 1.24 bits per heavy atom. The first-order valence-corrected chi connectivity index (χ1v) is 7.76. The van der Waals surface area contributed by atoms with E-state index in [9.17, 15) is 9.59 Å². The zero-order chi connectivity index (χ0) is 16.0. The van der Waals surface area contributed by atoms with Crippen LogP contribution in [0.1, 0.15) is 48.1 Å². The van der Waals surface area contributed by atoms with E-state index in [1.165, 1.54) is 11.3 Å². The summed E-state index contributed by atoms with van der Waals surface area (Å²) in [5, 5.41) is 6.29. The lowest BCUT2D eigenvalue weighted by molar-refractivity contribution is 0.0526. The number of alkyl carbamates (subject to hydrolysis) is 1. The third-order valence-corrected chi connectivity index (χ3v) is 3.73. The Kier molecular flexibility index (Phi) is 6.14. The van der Waals surface area contributed by atoms with Gasteiger partial charge >= 0.3 is 6.09 Å². The van der Waals surface area contributed by atoms with Gasteiger partial charge in [0.25, 0.3) is 5.91 Å². The Hall–Kier alpha value is -1.63. The molecule has 0 aliphatic carbocycles. The molecule has 0 aliphatic heterocycles. The average Bonchev–Trinajstić information content (AvgIpc) is 2.73. The van der Waals surface area contributed by atoms with Gasteiger partial charge in [0.2, 0.25) is 0 Å². The van der Waals surface area contributed by atoms with Crippen molar-refractivity contribution in [3.05, 3.63) is 15.6 Å². The quantitative estimate of drug-likeness (QED) is 0.817. The summed E-state index contributed by atoms with van der Waals surface area (Å²) >= 11 is 1.40. The first-order valence-electron chi connectivity index (χ1n) is 6.94. The molecule has 6 nitrogen and oxygen atoms in total. The van der Waals surface area contributed by atoms with E-state index in [2.05, 4.69) is 15.6 Å². The van der Waals surface area contributed by atoms with Crippen LogP contribution >= 0.6 is 11.3 Å². The smallest absolute Gasteiger partial charge is 0.407 e. The average molecular weight is 313 g/mol. The Bertz CT molecular complexity index is 506. The SMILES string of the molecule is CCc1nc(C)c(C(=O)NCCNC(=O)OC(C)(C)C)s1. The number of carbonyl (C=O) groups excluding carboxylic acids is 2. The number of rotatable bonds is 5. The van der Waals surface area contributed by atoms with Crippen molar-refractivity contribution in [2.24, 2.45) is 0 Å². The topological polar surface area (TPSA) is 80.3 Å². The number of carbonyl (C=O) groups is 2. The van der Waals surface area contributed by atoms with Gasteiger partial charge in [-0.15, -0.1) is 11.3 Å². The highest BCUT2D eigenvalue weighted by Crippen LogP contribution is 2.18. The van der Waals surface area contributed by atoms with E-state index < -0.39 is 11.7 Å². The predicted octanol–water partition coefficient (Wildman–Crippen LogP) is 2.27. The lowest BCUT2D eigenvalue weighted by atomic mass is 10.2. The van der Waals surface area contributed by atoms with E-state index in [-0.39, 0.29) is 5.91 Å². The molecule has 0 spiro atoms. The summed E-state index contributed by atoms with van der Waals surface area (Å²) in [6.45, 7) is 9.88. The zero-order valence-electron chi connectivity index (χ0n) is 13.2. The summed E-state index contributed by atoms with van der Waals surface area (Å²) in [6.07, 6.45) is 0.331. The highest BCUT2D eigenvalue weighted by Gasteiger charge is 2.16. The van der Waals surface area contributed by atoms with Crippen molar-refractivity contribution in [3.63, 3.8) is 0 Å². The fourth-order valence-electron chi connectivity index (χ4n) is 1.55. The van der Waals surface area contributed by atoms with Crippen LogP contribution in [-0.4, -0.2) is 35.7 Å². The summed E-state index contributed by atoms with van der Waals surface area (Å²) in [6, 6.07) is 0. The van der Waals surface area contributed by atoms with Crippen molar-refractivity contribution >= 4 is 23.3 Å². The second kappa shape index (κ2) is 7.40. The standard InChI is InChI=1S/C14H23N3O3S/c1-6-10-17-9(2)11(21-10)12(18)15-7-8-16-13(19)20-14(3,4)5/h6-8H2,1-5H3,(H,15,18)(H,16,19). The minimum absolute atomic E-state index is 0.157. The molecule has 0 saturated heterocycles. The van der Waals surface area contributed by atoms with Crippen LogP contribution in [0.25, 0.3) is 0 Å². The molecular weight excluding hydrogens is 290 g/mol. The summed E-state index contributed by atoms with van der Waals surface area (Å²) in [4.78, 5) is 28.3. The maximum atomic E-state index is 12.0. The molecule has 0 unspecified atom stereocenters. The van der Waals surface area contributed by atoms with E-state index in [0.717, 1.165) is 17.1 Å². The molecule has 0 fully saturated rings. The third-order valence-electron chi connectivity index (χ3n) is 2.43. The Morgan fingerprint density at radius 3 is 2.38 bits per heavy atom. The minimum atomic E-state index is -0.524. The molecular formula is C14H23N3O3S. The molecule has 2 amide bonds. The third kappa shape index (κ3) is 6.12. The molecule has 0 saturated carbocycles. The highest BCUT2D eigenvalue weighted by molar-refractivity contribution is 7.13. The van der Waals surface area contributed by atoms with Gasteiger partial charge in [0.05, 0.1) is 10.7 Å². The van der Waals surface area contributed by atoms with Crippen molar-refractivity contribution in [1.82, 2.24) is 15.6 Å². The molecule has 0 atom stereocenters. The van der Waals surface area contributed by atoms with Crippen molar-refractivity contribution in [1.29, 1.82) is 0 Å². The highest BCUT2D eigenvalue weighted by atomic mass is 32.1. The monoisotopic (exact) mass is 313 g/mol. The molecule has 0 aromatic carbocycles. The maximum absolute atomic E-state index is 12.0. The number of ether oxygens (including phenoxy) is 1. The predicted molar refractivity (Wildman–Crippen MR) is 82.8 cm³/mol. The van der Waals surface area contributed by atoms with Crippen LogP contribution in [0.5, 0.6) is 0 Å². The number of aromatic nitrogens is 1. The number of hydrogen-bond acceptors (Lipinski definition) is 5. The summed E-state index contributed by atoms with van der Waals surface area (Å²) in [7, 11) is 0. The lowest BCUT2D eigenvalue weighted by Gasteiger charge is -2.19. The molecule has 2 N–H and O–H groups in total. The summed E-state index contributed by atoms with van der Waals surface area (Å²) in [5.74, 6) is -0.157. The van der Waals surface area contributed by atoms with Crippen LogP contribution in [0.3, 0.4) is 0 Å². The maximum Gasteiger partial charge on any atom is 0.407 e. The fourth-order valence-corrected chi connectivity index (χ4v) is 2.47. The van der Waals surface area contributed by atoms with Crippen LogP contribution in [-0.2, 0) is 11.2 Å². The van der Waals surface area contributed by atoms with Crippen molar-refractivity contribution in [3.8, 4) is 0 Å². The first kappa shape index (κ1) is 17.4. The van der Waals surface area contributed by atoms with E-state index in [4.69, 9.17) is 4.74 Å². The molecule has 0 radical (unpaired) electrons. The van der Waals surface area contributed by atoms with E-state index in [1.807, 2.05) is 13.8 Å². The summed E-state index contributed by atoms with van der Waals surface area (Å²) < 4.78 is 5.10. The van der Waals surface area contributed by atoms with Gasteiger partial charge in [-0.3, -0.25) is 4.79 Å². The second-order valence-corrected chi connectivity index (χ2v) is 6.64. The molecule has 1 aromatic heterocycles. The molecule has 1 rings (SSSR count). The molecule has 7 heteroatoms. The van der Waals surface area contributed by atoms with Gasteiger partial charge in [0, 0.05) is 13.1 Å². The van der Waals surface area contributed by atoms with Crippen LogP contribution < -0.4 is 10.6 Å². The van der Waals surface area contributed by atoms with Crippen molar-refractivity contribution < 1.29 is 14.3 Å². The Balaban J connectivity index is 2.34. The van der Waals surface area contributed by atoms with Gasteiger partial charge in [-0.25, -0.2) is 9.78 Å². The van der Waals surface area contributed by atoms with E-state index >= 15 is 0 Å². The van der Waals surface area contributed by atoms with Crippen LogP contribution in [0.2, 0.25) is 0 Å².